The van der Waals surface area contributed by atoms with Gasteiger partial charge in [-0.15, -0.1) is 0 Å². The van der Waals surface area contributed by atoms with Crippen molar-refractivity contribution in [1.82, 2.24) is 20.0 Å². The number of carbonyl (C=O) groups excluding carboxylic acids is 1. The van der Waals surface area contributed by atoms with Crippen molar-refractivity contribution < 1.29 is 9.90 Å². The number of anilines is 1. The first-order chi connectivity index (χ1) is 10.6. The Hall–Kier alpha value is -1.60. The van der Waals surface area contributed by atoms with Crippen molar-refractivity contribution in [2.75, 3.05) is 38.6 Å². The summed E-state index contributed by atoms with van der Waals surface area (Å²) in [6.45, 7) is 4.91. The zero-order valence-electron chi connectivity index (χ0n) is 13.5. The summed E-state index contributed by atoms with van der Waals surface area (Å²) in [5.41, 5.74) is 0.946. The predicted molar refractivity (Wildman–Crippen MR) is 85.6 cm³/mol. The maximum atomic E-state index is 11.6. The number of aliphatic hydroxyl groups excluding tert-OH is 1. The van der Waals surface area contributed by atoms with Gasteiger partial charge in [0.2, 0.25) is 5.91 Å². The Kier molecular flexibility index (Phi) is 6.21. The summed E-state index contributed by atoms with van der Waals surface area (Å²) in [5.74, 6) is 0.527. The van der Waals surface area contributed by atoms with Crippen LogP contribution < -0.4 is 10.6 Å². The Morgan fingerprint density at radius 1 is 1.50 bits per heavy atom. The largest absolute Gasteiger partial charge is 0.395 e. The molecule has 1 atom stereocenters. The zero-order valence-corrected chi connectivity index (χ0v) is 13.5. The van der Waals surface area contributed by atoms with Crippen molar-refractivity contribution in [2.45, 2.75) is 32.4 Å². The Labute approximate surface area is 131 Å². The van der Waals surface area contributed by atoms with Crippen molar-refractivity contribution in [3.63, 3.8) is 0 Å². The van der Waals surface area contributed by atoms with Gasteiger partial charge in [0.1, 0.15) is 6.54 Å². The van der Waals surface area contributed by atoms with Crippen molar-refractivity contribution in [1.29, 1.82) is 0 Å². The monoisotopic (exact) mass is 309 g/mol. The van der Waals surface area contributed by atoms with E-state index >= 15 is 0 Å². The molecule has 124 valence electrons. The average molecular weight is 309 g/mol. The molecular formula is C15H27N5O2. The number of hydrogen-bond donors (Lipinski definition) is 3. The van der Waals surface area contributed by atoms with Crippen LogP contribution in [0.25, 0.3) is 0 Å². The molecule has 1 aromatic rings. The molecule has 1 unspecified atom stereocenters. The average Bonchev–Trinajstić information content (AvgIpc) is 2.92. The van der Waals surface area contributed by atoms with Gasteiger partial charge < -0.3 is 20.6 Å². The van der Waals surface area contributed by atoms with Gasteiger partial charge in [-0.2, -0.15) is 5.10 Å². The van der Waals surface area contributed by atoms with Gasteiger partial charge in [-0.25, -0.2) is 0 Å². The molecule has 2 rings (SSSR count). The first kappa shape index (κ1) is 16.8. The molecule has 0 saturated carbocycles. The molecule has 0 bridgehead atoms. The lowest BCUT2D eigenvalue weighted by molar-refractivity contribution is -0.122. The summed E-state index contributed by atoms with van der Waals surface area (Å²) >= 11 is 0. The van der Waals surface area contributed by atoms with Gasteiger partial charge in [0.05, 0.1) is 18.5 Å². The van der Waals surface area contributed by atoms with Gasteiger partial charge >= 0.3 is 0 Å². The number of piperidine rings is 1. The SMILES string of the molecule is CC(Nc1cnn(CC(=O)NCCO)c1)C1CCN(C)CC1. The Balaban J connectivity index is 1.80. The van der Waals surface area contributed by atoms with E-state index in [0.717, 1.165) is 18.8 Å². The topological polar surface area (TPSA) is 82.4 Å². The lowest BCUT2D eigenvalue weighted by Crippen LogP contribution is -2.37. The Morgan fingerprint density at radius 3 is 2.91 bits per heavy atom. The predicted octanol–water partition coefficient (Wildman–Crippen LogP) is 0.134. The summed E-state index contributed by atoms with van der Waals surface area (Å²) in [4.78, 5) is 13.9. The minimum absolute atomic E-state index is 0.0499. The number of rotatable bonds is 7. The van der Waals surface area contributed by atoms with Crippen LogP contribution in [0.5, 0.6) is 0 Å². The van der Waals surface area contributed by atoms with E-state index in [4.69, 9.17) is 5.11 Å². The third-order valence-electron chi connectivity index (χ3n) is 4.24. The van der Waals surface area contributed by atoms with Crippen LogP contribution >= 0.6 is 0 Å². The van der Waals surface area contributed by atoms with E-state index in [9.17, 15) is 4.79 Å². The van der Waals surface area contributed by atoms with E-state index in [1.54, 1.807) is 10.9 Å². The lowest BCUT2D eigenvalue weighted by atomic mass is 9.90. The summed E-state index contributed by atoms with van der Waals surface area (Å²) in [7, 11) is 2.17. The number of nitrogens with zero attached hydrogens (tertiary/aromatic N) is 3. The van der Waals surface area contributed by atoms with E-state index in [2.05, 4.69) is 34.6 Å². The molecule has 1 aliphatic rings. The Morgan fingerprint density at radius 2 is 2.23 bits per heavy atom. The quantitative estimate of drug-likeness (QED) is 0.667. The molecule has 0 aromatic carbocycles. The van der Waals surface area contributed by atoms with Crippen LogP contribution in [0.15, 0.2) is 12.4 Å². The van der Waals surface area contributed by atoms with Crippen molar-refractivity contribution >= 4 is 11.6 Å². The van der Waals surface area contributed by atoms with Crippen molar-refractivity contribution in [2.24, 2.45) is 5.92 Å². The molecule has 1 fully saturated rings. The molecule has 3 N–H and O–H groups in total. The second kappa shape index (κ2) is 8.14. The van der Waals surface area contributed by atoms with E-state index < -0.39 is 0 Å². The molecule has 1 aliphatic heterocycles. The second-order valence-electron chi connectivity index (χ2n) is 6.07. The van der Waals surface area contributed by atoms with Gasteiger partial charge in [0.15, 0.2) is 0 Å². The highest BCUT2D eigenvalue weighted by atomic mass is 16.3. The third kappa shape index (κ3) is 4.99. The molecule has 1 aromatic heterocycles. The molecule has 1 amide bonds. The fourth-order valence-corrected chi connectivity index (χ4v) is 2.83. The van der Waals surface area contributed by atoms with E-state index in [1.165, 1.54) is 12.8 Å². The first-order valence-corrected chi connectivity index (χ1v) is 7.93. The third-order valence-corrected chi connectivity index (χ3v) is 4.24. The molecule has 0 radical (unpaired) electrons. The highest BCUT2D eigenvalue weighted by molar-refractivity contribution is 5.75. The van der Waals surface area contributed by atoms with E-state index in [-0.39, 0.29) is 25.6 Å². The smallest absolute Gasteiger partial charge is 0.241 e. The lowest BCUT2D eigenvalue weighted by Gasteiger charge is -2.33. The molecule has 2 heterocycles. The highest BCUT2D eigenvalue weighted by Gasteiger charge is 2.22. The van der Waals surface area contributed by atoms with Gasteiger partial charge in [0.25, 0.3) is 0 Å². The number of aromatic nitrogens is 2. The summed E-state index contributed by atoms with van der Waals surface area (Å²) in [6.07, 6.45) is 6.03. The minimum Gasteiger partial charge on any atom is -0.395 e. The zero-order chi connectivity index (χ0) is 15.9. The number of amides is 1. The van der Waals surface area contributed by atoms with Crippen LogP contribution in [0.3, 0.4) is 0 Å². The molecule has 22 heavy (non-hydrogen) atoms. The fraction of sp³-hybridized carbons (Fsp3) is 0.733. The summed E-state index contributed by atoms with van der Waals surface area (Å²) in [5, 5.41) is 19.0. The van der Waals surface area contributed by atoms with Crippen LogP contribution in [0.2, 0.25) is 0 Å². The fourth-order valence-electron chi connectivity index (χ4n) is 2.83. The first-order valence-electron chi connectivity index (χ1n) is 7.93. The maximum absolute atomic E-state index is 11.6. The van der Waals surface area contributed by atoms with Crippen LogP contribution in [0, 0.1) is 5.92 Å². The minimum atomic E-state index is -0.146. The van der Waals surface area contributed by atoms with E-state index in [0.29, 0.717) is 12.0 Å². The number of hydrogen-bond acceptors (Lipinski definition) is 5. The van der Waals surface area contributed by atoms with Crippen LogP contribution in [0.4, 0.5) is 5.69 Å². The summed E-state index contributed by atoms with van der Waals surface area (Å²) in [6, 6.07) is 0.398. The van der Waals surface area contributed by atoms with E-state index in [1.807, 2.05) is 6.20 Å². The standard InChI is InChI=1S/C15H27N5O2/c1-12(13-3-6-19(2)7-4-13)18-14-9-17-20(10-14)11-15(22)16-5-8-21/h9-10,12-13,18,21H,3-8,11H2,1-2H3,(H,16,22). The Bertz CT molecular complexity index is 468. The highest BCUT2D eigenvalue weighted by Crippen LogP contribution is 2.22. The van der Waals surface area contributed by atoms with Gasteiger partial charge in [-0.1, -0.05) is 0 Å². The number of carbonyl (C=O) groups is 1. The normalized spacial score (nSPS) is 18.1. The molecule has 0 aliphatic carbocycles. The van der Waals surface area contributed by atoms with Crippen molar-refractivity contribution in [3.05, 3.63) is 12.4 Å². The van der Waals surface area contributed by atoms with Crippen molar-refractivity contribution in [3.8, 4) is 0 Å². The van der Waals surface area contributed by atoms with Gasteiger partial charge in [-0.05, 0) is 45.8 Å². The molecule has 7 heteroatoms. The summed E-state index contributed by atoms with van der Waals surface area (Å²) < 4.78 is 1.61. The van der Waals surface area contributed by atoms with Gasteiger partial charge in [-0.3, -0.25) is 9.48 Å². The maximum Gasteiger partial charge on any atom is 0.241 e. The number of nitrogens with one attached hydrogen (secondary N) is 2. The number of likely N-dealkylation sites (tertiary alicyclic amines) is 1. The van der Waals surface area contributed by atoms with Crippen LogP contribution in [-0.2, 0) is 11.3 Å². The number of aliphatic hydroxyl groups is 1. The van der Waals surface area contributed by atoms with Gasteiger partial charge in [0, 0.05) is 18.8 Å². The molecular weight excluding hydrogens is 282 g/mol. The molecule has 1 saturated heterocycles. The second-order valence-corrected chi connectivity index (χ2v) is 6.07. The van der Waals surface area contributed by atoms with Crippen LogP contribution in [0.1, 0.15) is 19.8 Å². The van der Waals surface area contributed by atoms with Crippen LogP contribution in [-0.4, -0.2) is 65.0 Å². The molecule has 0 spiro atoms. The molecule has 7 nitrogen and oxygen atoms in total.